The molecule has 0 saturated heterocycles. The molecule has 2 aromatic rings. The number of amides is 1. The Bertz CT molecular complexity index is 740. The second kappa shape index (κ2) is 7.07. The van der Waals surface area contributed by atoms with Gasteiger partial charge in [-0.15, -0.1) is 10.2 Å². The van der Waals surface area contributed by atoms with Crippen LogP contribution in [0, 0.1) is 0 Å². The number of hydrogen-bond acceptors (Lipinski definition) is 6. The van der Waals surface area contributed by atoms with E-state index in [2.05, 4.69) is 20.6 Å². The van der Waals surface area contributed by atoms with Crippen LogP contribution in [0.15, 0.2) is 17.4 Å². The molecule has 25 heavy (non-hydrogen) atoms. The number of thioether (sulfide) groups is 1. The molecule has 0 aliphatic heterocycles. The first-order valence-electron chi connectivity index (χ1n) is 8.53. The van der Waals surface area contributed by atoms with E-state index in [0.717, 1.165) is 18.7 Å². The third-order valence-electron chi connectivity index (χ3n) is 4.28. The summed E-state index contributed by atoms with van der Waals surface area (Å²) in [6, 6.07) is 2.23. The molecule has 1 saturated carbocycles. The number of nitrogen functional groups attached to an aromatic ring is 1. The topological polar surface area (TPSA) is 104 Å². The van der Waals surface area contributed by atoms with Crippen molar-refractivity contribution in [3.05, 3.63) is 18.1 Å². The Hall–Kier alpha value is -2.03. The van der Waals surface area contributed by atoms with Gasteiger partial charge in [-0.05, 0) is 12.8 Å². The van der Waals surface area contributed by atoms with Gasteiger partial charge in [0, 0.05) is 11.5 Å². The highest BCUT2D eigenvalue weighted by Gasteiger charge is 2.24. The van der Waals surface area contributed by atoms with Crippen LogP contribution in [0.2, 0.25) is 0 Å². The van der Waals surface area contributed by atoms with E-state index in [4.69, 9.17) is 5.84 Å². The van der Waals surface area contributed by atoms with Crippen LogP contribution in [0.4, 0.5) is 5.82 Å². The highest BCUT2D eigenvalue weighted by molar-refractivity contribution is 7.99. The van der Waals surface area contributed by atoms with Crippen molar-refractivity contribution < 1.29 is 4.79 Å². The number of carbonyl (C=O) groups is 1. The lowest BCUT2D eigenvalue weighted by Crippen LogP contribution is -2.24. The monoisotopic (exact) mass is 363 g/mol. The fourth-order valence-electron chi connectivity index (χ4n) is 3.05. The Labute approximate surface area is 151 Å². The molecule has 9 heteroatoms. The number of nitrogens with two attached hydrogens (primary N) is 1. The molecule has 1 amide bonds. The SMILES string of the molecule is CC(C)(C)c1nnc(SCC(=O)Nc2ccnn2C2CCCC2)n1N. The summed E-state index contributed by atoms with van der Waals surface area (Å²) in [5.74, 6) is 7.60. The summed E-state index contributed by atoms with van der Waals surface area (Å²) in [5, 5.41) is 16.0. The molecule has 3 N–H and O–H groups in total. The maximum atomic E-state index is 12.3. The minimum atomic E-state index is -0.198. The Kier molecular flexibility index (Phi) is 5.03. The molecule has 0 spiro atoms. The summed E-state index contributed by atoms with van der Waals surface area (Å²) in [5.41, 5.74) is -0.198. The van der Waals surface area contributed by atoms with Gasteiger partial charge >= 0.3 is 0 Å². The van der Waals surface area contributed by atoms with Crippen LogP contribution in [0.3, 0.4) is 0 Å². The molecular weight excluding hydrogens is 338 g/mol. The van der Waals surface area contributed by atoms with Crippen LogP contribution in [-0.4, -0.2) is 36.3 Å². The van der Waals surface area contributed by atoms with Gasteiger partial charge in [-0.2, -0.15) is 5.10 Å². The molecule has 0 radical (unpaired) electrons. The molecule has 2 aromatic heterocycles. The zero-order chi connectivity index (χ0) is 18.0. The molecule has 2 heterocycles. The number of nitrogens with one attached hydrogen (secondary N) is 1. The van der Waals surface area contributed by atoms with E-state index in [1.54, 1.807) is 6.20 Å². The van der Waals surface area contributed by atoms with Gasteiger partial charge in [-0.1, -0.05) is 45.4 Å². The molecule has 0 atom stereocenters. The number of nitrogens with zero attached hydrogens (tertiary/aromatic N) is 5. The fourth-order valence-corrected chi connectivity index (χ4v) is 3.71. The number of hydrogen-bond donors (Lipinski definition) is 2. The fraction of sp³-hybridized carbons (Fsp3) is 0.625. The zero-order valence-corrected chi connectivity index (χ0v) is 15.7. The maximum Gasteiger partial charge on any atom is 0.235 e. The molecule has 0 unspecified atom stereocenters. The lowest BCUT2D eigenvalue weighted by Gasteiger charge is -2.16. The molecule has 3 rings (SSSR count). The lowest BCUT2D eigenvalue weighted by atomic mass is 9.96. The normalized spacial score (nSPS) is 15.6. The molecule has 1 aliphatic carbocycles. The van der Waals surface area contributed by atoms with Gasteiger partial charge < -0.3 is 11.2 Å². The summed E-state index contributed by atoms with van der Waals surface area (Å²) < 4.78 is 3.39. The summed E-state index contributed by atoms with van der Waals surface area (Å²) >= 11 is 1.27. The Morgan fingerprint density at radius 1 is 1.36 bits per heavy atom. The third kappa shape index (κ3) is 3.97. The number of carbonyl (C=O) groups excluding carboxylic acids is 1. The predicted molar refractivity (Wildman–Crippen MR) is 98.0 cm³/mol. The zero-order valence-electron chi connectivity index (χ0n) is 14.9. The molecule has 1 fully saturated rings. The second-order valence-corrected chi connectivity index (χ2v) is 8.30. The van der Waals surface area contributed by atoms with Gasteiger partial charge in [-0.25, -0.2) is 9.36 Å². The van der Waals surface area contributed by atoms with Gasteiger partial charge in [0.05, 0.1) is 18.0 Å². The molecule has 8 nitrogen and oxygen atoms in total. The third-order valence-corrected chi connectivity index (χ3v) is 5.22. The van der Waals surface area contributed by atoms with Crippen molar-refractivity contribution in [3.63, 3.8) is 0 Å². The van der Waals surface area contributed by atoms with Gasteiger partial charge in [0.2, 0.25) is 11.1 Å². The minimum absolute atomic E-state index is 0.106. The average Bonchev–Trinajstić information content (AvgIpc) is 3.24. The predicted octanol–water partition coefficient (Wildman–Crippen LogP) is 2.33. The summed E-state index contributed by atoms with van der Waals surface area (Å²) in [4.78, 5) is 12.3. The van der Waals surface area contributed by atoms with Crippen molar-refractivity contribution >= 4 is 23.5 Å². The van der Waals surface area contributed by atoms with Gasteiger partial charge in [0.15, 0.2) is 5.82 Å². The molecular formula is C16H25N7OS. The Balaban J connectivity index is 1.59. The largest absolute Gasteiger partial charge is 0.336 e. The Morgan fingerprint density at radius 3 is 2.72 bits per heavy atom. The van der Waals surface area contributed by atoms with E-state index in [0.29, 0.717) is 17.0 Å². The van der Waals surface area contributed by atoms with E-state index in [1.165, 1.54) is 29.3 Å². The van der Waals surface area contributed by atoms with E-state index in [-0.39, 0.29) is 17.1 Å². The van der Waals surface area contributed by atoms with E-state index >= 15 is 0 Å². The van der Waals surface area contributed by atoms with E-state index < -0.39 is 0 Å². The molecule has 0 aromatic carbocycles. The number of aromatic nitrogens is 5. The molecule has 1 aliphatic rings. The van der Waals surface area contributed by atoms with Crippen LogP contribution < -0.4 is 11.2 Å². The van der Waals surface area contributed by atoms with Crippen molar-refractivity contribution in [2.45, 2.75) is 63.1 Å². The van der Waals surface area contributed by atoms with Gasteiger partial charge in [0.1, 0.15) is 5.82 Å². The smallest absolute Gasteiger partial charge is 0.235 e. The summed E-state index contributed by atoms with van der Waals surface area (Å²) in [7, 11) is 0. The van der Waals surface area contributed by atoms with Crippen LogP contribution in [0.25, 0.3) is 0 Å². The minimum Gasteiger partial charge on any atom is -0.336 e. The summed E-state index contributed by atoms with van der Waals surface area (Å²) in [6.45, 7) is 6.06. The lowest BCUT2D eigenvalue weighted by molar-refractivity contribution is -0.113. The van der Waals surface area contributed by atoms with Crippen LogP contribution >= 0.6 is 11.8 Å². The van der Waals surface area contributed by atoms with Crippen molar-refractivity contribution in [3.8, 4) is 0 Å². The van der Waals surface area contributed by atoms with E-state index in [1.807, 2.05) is 31.5 Å². The van der Waals surface area contributed by atoms with Crippen molar-refractivity contribution in [1.29, 1.82) is 0 Å². The van der Waals surface area contributed by atoms with Crippen molar-refractivity contribution in [2.24, 2.45) is 0 Å². The standard InChI is InChI=1S/C16H25N7OS/c1-16(2,3)14-20-21-15(22(14)17)25-10-13(24)19-12-8-9-18-23(12)11-6-4-5-7-11/h8-9,11H,4-7,10,17H2,1-3H3,(H,19,24). The molecule has 136 valence electrons. The van der Waals surface area contributed by atoms with Gasteiger partial charge in [0.25, 0.3) is 0 Å². The second-order valence-electron chi connectivity index (χ2n) is 7.36. The maximum absolute atomic E-state index is 12.3. The van der Waals surface area contributed by atoms with Crippen LogP contribution in [-0.2, 0) is 10.2 Å². The molecule has 0 bridgehead atoms. The number of anilines is 1. The van der Waals surface area contributed by atoms with Crippen molar-refractivity contribution in [2.75, 3.05) is 16.9 Å². The number of rotatable bonds is 5. The summed E-state index contributed by atoms with van der Waals surface area (Å²) in [6.07, 6.45) is 6.40. The highest BCUT2D eigenvalue weighted by Crippen LogP contribution is 2.31. The van der Waals surface area contributed by atoms with Crippen molar-refractivity contribution in [1.82, 2.24) is 24.7 Å². The first-order chi connectivity index (χ1) is 11.9. The van der Waals surface area contributed by atoms with Crippen LogP contribution in [0.5, 0.6) is 0 Å². The highest BCUT2D eigenvalue weighted by atomic mass is 32.2. The van der Waals surface area contributed by atoms with E-state index in [9.17, 15) is 4.79 Å². The average molecular weight is 363 g/mol. The first kappa shape index (κ1) is 17.8. The van der Waals surface area contributed by atoms with Gasteiger partial charge in [-0.3, -0.25) is 4.79 Å². The van der Waals surface area contributed by atoms with Crippen LogP contribution in [0.1, 0.15) is 58.3 Å². The Morgan fingerprint density at radius 2 is 2.08 bits per heavy atom. The first-order valence-corrected chi connectivity index (χ1v) is 9.52. The quantitative estimate of drug-likeness (QED) is 0.624.